The van der Waals surface area contributed by atoms with Gasteiger partial charge in [-0.05, 0) is 31.4 Å². The molecule has 1 atom stereocenters. The lowest BCUT2D eigenvalue weighted by Gasteiger charge is -2.22. The molecular formula is C13H15F2NO2S. The first-order chi connectivity index (χ1) is 9.08. The molecule has 0 aromatic heterocycles. The Labute approximate surface area is 115 Å². The summed E-state index contributed by atoms with van der Waals surface area (Å²) in [6.45, 7) is 0.805. The lowest BCUT2D eigenvalue weighted by molar-refractivity contribution is -0.0124. The normalized spacial score (nSPS) is 19.2. The first-order valence-corrected chi connectivity index (χ1v) is 6.52. The van der Waals surface area contributed by atoms with Gasteiger partial charge in [0, 0.05) is 12.2 Å². The largest absolute Gasteiger partial charge is 0.485 e. The summed E-state index contributed by atoms with van der Waals surface area (Å²) in [4.78, 5) is -0.0556. The highest BCUT2D eigenvalue weighted by atomic mass is 32.1. The molecular weight excluding hydrogens is 272 g/mol. The van der Waals surface area contributed by atoms with E-state index < -0.39 is 17.4 Å². The van der Waals surface area contributed by atoms with Crippen LogP contribution in [0.2, 0.25) is 0 Å². The Balaban J connectivity index is 2.05. The zero-order valence-corrected chi connectivity index (χ0v) is 11.1. The van der Waals surface area contributed by atoms with Gasteiger partial charge in [-0.15, -0.1) is 0 Å². The van der Waals surface area contributed by atoms with E-state index in [-0.39, 0.29) is 23.3 Å². The van der Waals surface area contributed by atoms with Crippen LogP contribution >= 0.6 is 12.2 Å². The third kappa shape index (κ3) is 3.61. The van der Waals surface area contributed by atoms with Crippen LogP contribution in [0, 0.1) is 11.6 Å². The number of rotatable bonds is 4. The molecule has 0 amide bonds. The van der Waals surface area contributed by atoms with Crippen LogP contribution in [0.5, 0.6) is 5.75 Å². The van der Waals surface area contributed by atoms with Gasteiger partial charge in [0.2, 0.25) is 0 Å². The topological polar surface area (TPSA) is 44.5 Å². The second-order valence-corrected chi connectivity index (χ2v) is 4.87. The number of hydrogen-bond acceptors (Lipinski definition) is 3. The van der Waals surface area contributed by atoms with Crippen LogP contribution in [0.15, 0.2) is 12.1 Å². The van der Waals surface area contributed by atoms with Crippen molar-refractivity contribution >= 4 is 17.2 Å². The number of ether oxygens (including phenoxy) is 2. The van der Waals surface area contributed by atoms with Crippen molar-refractivity contribution in [1.29, 1.82) is 0 Å². The van der Waals surface area contributed by atoms with Crippen molar-refractivity contribution in [2.75, 3.05) is 13.2 Å². The smallest absolute Gasteiger partial charge is 0.190 e. The van der Waals surface area contributed by atoms with Gasteiger partial charge in [0.1, 0.15) is 11.6 Å². The molecule has 1 unspecified atom stereocenters. The molecule has 1 aliphatic heterocycles. The van der Waals surface area contributed by atoms with E-state index in [0.717, 1.165) is 31.4 Å². The summed E-state index contributed by atoms with van der Waals surface area (Å²) in [7, 11) is 0. The van der Waals surface area contributed by atoms with E-state index >= 15 is 0 Å². The van der Waals surface area contributed by atoms with Gasteiger partial charge in [0.15, 0.2) is 17.4 Å². The van der Waals surface area contributed by atoms with Gasteiger partial charge < -0.3 is 15.2 Å². The Morgan fingerprint density at radius 2 is 2.05 bits per heavy atom. The molecule has 0 spiro atoms. The van der Waals surface area contributed by atoms with Gasteiger partial charge in [-0.25, -0.2) is 8.78 Å². The molecule has 0 aliphatic carbocycles. The molecule has 0 saturated carbocycles. The third-order valence-electron chi connectivity index (χ3n) is 2.97. The second-order valence-electron chi connectivity index (χ2n) is 4.43. The van der Waals surface area contributed by atoms with E-state index in [0.29, 0.717) is 6.61 Å². The molecule has 1 aromatic rings. The highest BCUT2D eigenvalue weighted by molar-refractivity contribution is 7.80. The summed E-state index contributed by atoms with van der Waals surface area (Å²) in [6.07, 6.45) is 2.79. The fraction of sp³-hybridized carbons (Fsp3) is 0.462. The molecule has 1 aliphatic rings. The van der Waals surface area contributed by atoms with Crippen LogP contribution in [0.3, 0.4) is 0 Å². The summed E-state index contributed by atoms with van der Waals surface area (Å²) in [5.74, 6) is -2.02. The van der Waals surface area contributed by atoms with Crippen molar-refractivity contribution in [2.24, 2.45) is 5.73 Å². The average molecular weight is 287 g/mol. The molecule has 1 saturated heterocycles. The standard InChI is InChI=1S/C13H15F2NO2S/c14-10-5-8(13(16)19)6-11(15)12(10)18-7-9-3-1-2-4-17-9/h5-6,9H,1-4,7H2,(H2,16,19). The van der Waals surface area contributed by atoms with Crippen molar-refractivity contribution in [3.05, 3.63) is 29.3 Å². The Morgan fingerprint density at radius 3 is 2.58 bits per heavy atom. The Kier molecular flexibility index (Phi) is 4.66. The lowest BCUT2D eigenvalue weighted by atomic mass is 10.1. The molecule has 3 nitrogen and oxygen atoms in total. The van der Waals surface area contributed by atoms with E-state index in [2.05, 4.69) is 12.2 Å². The second kappa shape index (κ2) is 6.25. The van der Waals surface area contributed by atoms with Crippen molar-refractivity contribution in [3.8, 4) is 5.75 Å². The van der Waals surface area contributed by atoms with Crippen LogP contribution in [-0.4, -0.2) is 24.3 Å². The minimum atomic E-state index is -0.807. The summed E-state index contributed by atoms with van der Waals surface area (Å²) in [5.41, 5.74) is 5.47. The number of hydrogen-bond donors (Lipinski definition) is 1. The van der Waals surface area contributed by atoms with Gasteiger partial charge in [0.05, 0.1) is 6.10 Å². The van der Waals surface area contributed by atoms with E-state index in [4.69, 9.17) is 15.2 Å². The predicted octanol–water partition coefficient (Wildman–Crippen LogP) is 2.55. The van der Waals surface area contributed by atoms with E-state index in [1.807, 2.05) is 0 Å². The van der Waals surface area contributed by atoms with Crippen molar-refractivity contribution in [1.82, 2.24) is 0 Å². The molecule has 19 heavy (non-hydrogen) atoms. The number of thiocarbonyl (C=S) groups is 1. The van der Waals surface area contributed by atoms with Crippen molar-refractivity contribution in [3.63, 3.8) is 0 Å². The summed E-state index contributed by atoms with van der Waals surface area (Å²) < 4.78 is 38.0. The lowest BCUT2D eigenvalue weighted by Crippen LogP contribution is -2.26. The molecule has 2 rings (SSSR count). The maximum atomic E-state index is 13.7. The van der Waals surface area contributed by atoms with E-state index in [1.54, 1.807) is 0 Å². The number of nitrogens with two attached hydrogens (primary N) is 1. The van der Waals surface area contributed by atoms with Gasteiger partial charge in [-0.1, -0.05) is 12.2 Å². The maximum Gasteiger partial charge on any atom is 0.190 e. The van der Waals surface area contributed by atoms with Crippen molar-refractivity contribution < 1.29 is 18.3 Å². The van der Waals surface area contributed by atoms with E-state index in [1.165, 1.54) is 0 Å². The zero-order valence-electron chi connectivity index (χ0n) is 10.3. The minimum absolute atomic E-state index is 0.0556. The molecule has 1 heterocycles. The molecule has 6 heteroatoms. The predicted molar refractivity (Wildman–Crippen MR) is 71.3 cm³/mol. The molecule has 2 N–H and O–H groups in total. The number of benzene rings is 1. The molecule has 1 fully saturated rings. The Bertz CT molecular complexity index is 453. The summed E-state index contributed by atoms with van der Waals surface area (Å²) >= 11 is 4.68. The average Bonchev–Trinajstić information content (AvgIpc) is 2.38. The third-order valence-corrected chi connectivity index (χ3v) is 3.21. The van der Waals surface area contributed by atoms with Crippen LogP contribution in [0.4, 0.5) is 8.78 Å². The highest BCUT2D eigenvalue weighted by Gasteiger charge is 2.18. The first-order valence-electron chi connectivity index (χ1n) is 6.11. The number of halogens is 2. The summed E-state index contributed by atoms with van der Waals surface area (Å²) in [5, 5.41) is 0. The molecule has 104 valence electrons. The molecule has 0 radical (unpaired) electrons. The minimum Gasteiger partial charge on any atom is -0.485 e. The molecule has 0 bridgehead atoms. The first kappa shape index (κ1) is 14.1. The van der Waals surface area contributed by atoms with E-state index in [9.17, 15) is 8.78 Å². The van der Waals surface area contributed by atoms with Gasteiger partial charge in [-0.3, -0.25) is 0 Å². The summed E-state index contributed by atoms with van der Waals surface area (Å²) in [6, 6.07) is 2.14. The monoisotopic (exact) mass is 287 g/mol. The quantitative estimate of drug-likeness (QED) is 0.864. The maximum absolute atomic E-state index is 13.7. The van der Waals surface area contributed by atoms with Crippen LogP contribution in [0.1, 0.15) is 24.8 Å². The van der Waals surface area contributed by atoms with Crippen LogP contribution < -0.4 is 10.5 Å². The fourth-order valence-corrected chi connectivity index (χ4v) is 2.07. The van der Waals surface area contributed by atoms with Gasteiger partial charge >= 0.3 is 0 Å². The van der Waals surface area contributed by atoms with Gasteiger partial charge in [0.25, 0.3) is 0 Å². The SMILES string of the molecule is NC(=S)c1cc(F)c(OCC2CCCCO2)c(F)c1. The highest BCUT2D eigenvalue weighted by Crippen LogP contribution is 2.24. The van der Waals surface area contributed by atoms with Crippen LogP contribution in [0.25, 0.3) is 0 Å². The Hall–Kier alpha value is -1.27. The molecule has 1 aromatic carbocycles. The van der Waals surface area contributed by atoms with Crippen molar-refractivity contribution in [2.45, 2.75) is 25.4 Å². The van der Waals surface area contributed by atoms with Gasteiger partial charge in [-0.2, -0.15) is 0 Å². The Morgan fingerprint density at radius 1 is 1.37 bits per heavy atom. The fourth-order valence-electron chi connectivity index (χ4n) is 1.96. The van der Waals surface area contributed by atoms with Crippen LogP contribution in [-0.2, 0) is 4.74 Å². The zero-order chi connectivity index (χ0) is 13.8.